The highest BCUT2D eigenvalue weighted by Gasteiger charge is 2.18. The Balaban J connectivity index is 2.00. The Hall–Kier alpha value is -3.02. The first kappa shape index (κ1) is 21.3. The van der Waals surface area contributed by atoms with Crippen LogP contribution >= 0.6 is 0 Å². The van der Waals surface area contributed by atoms with E-state index in [-0.39, 0.29) is 6.04 Å². The molecule has 6 nitrogen and oxygen atoms in total. The zero-order chi connectivity index (χ0) is 20.7. The Morgan fingerprint density at radius 1 is 1.04 bits per heavy atom. The van der Waals surface area contributed by atoms with Crippen LogP contribution in [0.25, 0.3) is 0 Å². The molecule has 0 heterocycles. The third kappa shape index (κ3) is 5.25. The number of nitrogens with one attached hydrogen (secondary N) is 2. The molecule has 2 amide bonds. The molecule has 0 saturated heterocycles. The normalized spacial score (nSPS) is 11.5. The minimum atomic E-state index is -0.681. The fourth-order valence-electron chi connectivity index (χ4n) is 2.99. The number of methoxy groups -OCH3 is 1. The van der Waals surface area contributed by atoms with Crippen molar-refractivity contribution in [2.24, 2.45) is 0 Å². The monoisotopic (exact) mass is 383 g/mol. The number of benzene rings is 2. The molecule has 0 radical (unpaired) electrons. The van der Waals surface area contributed by atoms with E-state index in [4.69, 9.17) is 4.74 Å². The molecule has 2 aromatic carbocycles. The van der Waals surface area contributed by atoms with E-state index in [2.05, 4.69) is 29.4 Å². The summed E-state index contributed by atoms with van der Waals surface area (Å²) in [5.74, 6) is -0.613. The SMILES string of the molecule is CCN(CC)c1ccc(NC(=O)C(=O)NC(C)c2ccc(OC)cc2)c(C)c1. The first-order valence-corrected chi connectivity index (χ1v) is 9.50. The highest BCUT2D eigenvalue weighted by atomic mass is 16.5. The molecule has 6 heteroatoms. The number of rotatable bonds is 7. The number of anilines is 2. The number of carbonyl (C=O) groups excluding carboxylic acids is 2. The largest absolute Gasteiger partial charge is 0.497 e. The molecule has 0 saturated carbocycles. The van der Waals surface area contributed by atoms with E-state index in [1.54, 1.807) is 7.11 Å². The molecule has 0 aliphatic carbocycles. The van der Waals surface area contributed by atoms with Crippen LogP contribution < -0.4 is 20.3 Å². The number of nitrogens with zero attached hydrogens (tertiary/aromatic N) is 1. The predicted octanol–water partition coefficient (Wildman–Crippen LogP) is 3.67. The van der Waals surface area contributed by atoms with Crippen molar-refractivity contribution >= 4 is 23.2 Å². The summed E-state index contributed by atoms with van der Waals surface area (Å²) in [4.78, 5) is 26.8. The van der Waals surface area contributed by atoms with Crippen molar-refractivity contribution in [3.05, 3.63) is 53.6 Å². The lowest BCUT2D eigenvalue weighted by atomic mass is 10.1. The van der Waals surface area contributed by atoms with E-state index < -0.39 is 11.8 Å². The molecule has 2 aromatic rings. The van der Waals surface area contributed by atoms with Crippen molar-refractivity contribution in [3.8, 4) is 5.75 Å². The smallest absolute Gasteiger partial charge is 0.313 e. The van der Waals surface area contributed by atoms with Gasteiger partial charge in [0.1, 0.15) is 5.75 Å². The van der Waals surface area contributed by atoms with Gasteiger partial charge in [-0.2, -0.15) is 0 Å². The maximum absolute atomic E-state index is 12.3. The van der Waals surface area contributed by atoms with E-state index in [9.17, 15) is 9.59 Å². The lowest BCUT2D eigenvalue weighted by Crippen LogP contribution is -2.37. The molecule has 0 aliphatic rings. The third-order valence-electron chi connectivity index (χ3n) is 4.76. The van der Waals surface area contributed by atoms with Gasteiger partial charge in [0.15, 0.2) is 0 Å². The number of hydrogen-bond acceptors (Lipinski definition) is 4. The van der Waals surface area contributed by atoms with Gasteiger partial charge in [0.2, 0.25) is 0 Å². The van der Waals surface area contributed by atoms with Gasteiger partial charge in [0, 0.05) is 24.5 Å². The van der Waals surface area contributed by atoms with Crippen LogP contribution in [0, 0.1) is 6.92 Å². The summed E-state index contributed by atoms with van der Waals surface area (Å²) >= 11 is 0. The Bertz CT molecular complexity index is 814. The highest BCUT2D eigenvalue weighted by molar-refractivity contribution is 6.39. The van der Waals surface area contributed by atoms with Crippen LogP contribution in [0.3, 0.4) is 0 Å². The molecule has 0 spiro atoms. The Kier molecular flexibility index (Phi) is 7.44. The van der Waals surface area contributed by atoms with Crippen molar-refractivity contribution in [3.63, 3.8) is 0 Å². The van der Waals surface area contributed by atoms with Crippen LogP contribution in [-0.4, -0.2) is 32.0 Å². The number of hydrogen-bond donors (Lipinski definition) is 2. The molecule has 1 unspecified atom stereocenters. The lowest BCUT2D eigenvalue weighted by molar-refractivity contribution is -0.136. The van der Waals surface area contributed by atoms with Gasteiger partial charge in [-0.1, -0.05) is 12.1 Å². The summed E-state index contributed by atoms with van der Waals surface area (Å²) < 4.78 is 5.13. The Morgan fingerprint density at radius 3 is 2.21 bits per heavy atom. The number of ether oxygens (including phenoxy) is 1. The molecule has 0 aliphatic heterocycles. The number of carbonyl (C=O) groups is 2. The van der Waals surface area contributed by atoms with Gasteiger partial charge in [-0.15, -0.1) is 0 Å². The van der Waals surface area contributed by atoms with Crippen molar-refractivity contribution in [1.29, 1.82) is 0 Å². The van der Waals surface area contributed by atoms with Gasteiger partial charge >= 0.3 is 11.8 Å². The van der Waals surface area contributed by atoms with Crippen molar-refractivity contribution in [1.82, 2.24) is 5.32 Å². The molecule has 0 aromatic heterocycles. The topological polar surface area (TPSA) is 70.7 Å². The quantitative estimate of drug-likeness (QED) is 0.716. The summed E-state index contributed by atoms with van der Waals surface area (Å²) in [6, 6.07) is 12.9. The van der Waals surface area contributed by atoms with Crippen LogP contribution in [0.2, 0.25) is 0 Å². The van der Waals surface area contributed by atoms with E-state index in [0.717, 1.165) is 35.7 Å². The maximum Gasteiger partial charge on any atom is 0.313 e. The van der Waals surface area contributed by atoms with Crippen LogP contribution in [0.4, 0.5) is 11.4 Å². The summed E-state index contributed by atoms with van der Waals surface area (Å²) in [7, 11) is 1.60. The highest BCUT2D eigenvalue weighted by Crippen LogP contribution is 2.23. The van der Waals surface area contributed by atoms with E-state index in [1.165, 1.54) is 0 Å². The number of aryl methyl sites for hydroxylation is 1. The van der Waals surface area contributed by atoms with Crippen LogP contribution in [0.1, 0.15) is 37.9 Å². The minimum Gasteiger partial charge on any atom is -0.497 e. The van der Waals surface area contributed by atoms with E-state index in [0.29, 0.717) is 5.69 Å². The van der Waals surface area contributed by atoms with Crippen molar-refractivity contribution in [2.75, 3.05) is 30.4 Å². The van der Waals surface area contributed by atoms with Crippen molar-refractivity contribution in [2.45, 2.75) is 33.7 Å². The van der Waals surface area contributed by atoms with Gasteiger partial charge < -0.3 is 20.3 Å². The average molecular weight is 383 g/mol. The molecule has 28 heavy (non-hydrogen) atoms. The van der Waals surface area contributed by atoms with Crippen LogP contribution in [0.5, 0.6) is 5.75 Å². The van der Waals surface area contributed by atoms with Crippen LogP contribution in [0.15, 0.2) is 42.5 Å². The maximum atomic E-state index is 12.3. The van der Waals surface area contributed by atoms with Crippen LogP contribution in [-0.2, 0) is 9.59 Å². The van der Waals surface area contributed by atoms with Gasteiger partial charge in [0.25, 0.3) is 0 Å². The second-order valence-corrected chi connectivity index (χ2v) is 6.59. The van der Waals surface area contributed by atoms with Gasteiger partial charge in [-0.05, 0) is 69.2 Å². The molecular formula is C22H29N3O3. The van der Waals surface area contributed by atoms with E-state index >= 15 is 0 Å². The first-order chi connectivity index (χ1) is 13.4. The molecule has 2 N–H and O–H groups in total. The average Bonchev–Trinajstić information content (AvgIpc) is 2.70. The molecule has 0 fully saturated rings. The minimum absolute atomic E-state index is 0.296. The summed E-state index contributed by atoms with van der Waals surface area (Å²) in [6.07, 6.45) is 0. The molecule has 1 atom stereocenters. The first-order valence-electron chi connectivity index (χ1n) is 9.50. The van der Waals surface area contributed by atoms with E-state index in [1.807, 2.05) is 56.3 Å². The summed E-state index contributed by atoms with van der Waals surface area (Å²) in [5.41, 5.74) is 3.53. The summed E-state index contributed by atoms with van der Waals surface area (Å²) in [5, 5.41) is 5.42. The molecule has 150 valence electrons. The molecule has 0 bridgehead atoms. The second kappa shape index (κ2) is 9.78. The Labute approximate surface area is 166 Å². The van der Waals surface area contributed by atoms with Gasteiger partial charge in [-0.3, -0.25) is 9.59 Å². The fraction of sp³-hybridized carbons (Fsp3) is 0.364. The standard InChI is InChI=1S/C22H29N3O3/c1-6-25(7-2)18-10-13-20(15(3)14-18)24-22(27)21(26)23-16(4)17-8-11-19(28-5)12-9-17/h8-14,16H,6-7H2,1-5H3,(H,23,26)(H,24,27). The Morgan fingerprint density at radius 2 is 1.68 bits per heavy atom. The van der Waals surface area contributed by atoms with Gasteiger partial charge in [0.05, 0.1) is 13.2 Å². The zero-order valence-corrected chi connectivity index (χ0v) is 17.2. The predicted molar refractivity (Wildman–Crippen MR) is 113 cm³/mol. The molecule has 2 rings (SSSR count). The summed E-state index contributed by atoms with van der Waals surface area (Å²) in [6.45, 7) is 9.77. The third-order valence-corrected chi connectivity index (χ3v) is 4.76. The lowest BCUT2D eigenvalue weighted by Gasteiger charge is -2.22. The second-order valence-electron chi connectivity index (χ2n) is 6.59. The van der Waals surface area contributed by atoms with Crippen molar-refractivity contribution < 1.29 is 14.3 Å². The molecular weight excluding hydrogens is 354 g/mol. The fourth-order valence-corrected chi connectivity index (χ4v) is 2.99. The van der Waals surface area contributed by atoms with Gasteiger partial charge in [-0.25, -0.2) is 0 Å². The zero-order valence-electron chi connectivity index (χ0n) is 17.2. The number of amides is 2.